The van der Waals surface area contributed by atoms with E-state index in [1.54, 1.807) is 0 Å². The van der Waals surface area contributed by atoms with Gasteiger partial charge < -0.3 is 0 Å². The molecule has 1 fully saturated rings. The van der Waals surface area contributed by atoms with Crippen molar-refractivity contribution in [2.75, 3.05) is 5.75 Å². The van der Waals surface area contributed by atoms with Crippen LogP contribution in [0.4, 0.5) is 0 Å². The van der Waals surface area contributed by atoms with Crippen molar-refractivity contribution in [3.05, 3.63) is 0 Å². The molecule has 0 aliphatic heterocycles. The molecular weight excluding hydrogens is 212 g/mol. The lowest BCUT2D eigenvalue weighted by Gasteiger charge is -2.20. The number of Topliss-reactive ketones (excluding diaryl/α,β-unsaturated/α-hetero) is 1. The Morgan fingerprint density at radius 3 is 2.67 bits per heavy atom. The van der Waals surface area contributed by atoms with E-state index in [4.69, 9.17) is 0 Å². The first-order chi connectivity index (χ1) is 7.06. The first kappa shape index (κ1) is 12.7. The van der Waals surface area contributed by atoms with Crippen molar-refractivity contribution in [2.24, 2.45) is 0 Å². The second-order valence-corrected chi connectivity index (χ2v) is 6.73. The molecule has 3 nitrogen and oxygen atoms in total. The van der Waals surface area contributed by atoms with Gasteiger partial charge in [0.1, 0.15) is 5.78 Å². The minimum absolute atomic E-state index is 0.116. The molecule has 0 bridgehead atoms. The largest absolute Gasteiger partial charge is 0.300 e. The van der Waals surface area contributed by atoms with Gasteiger partial charge in [-0.2, -0.15) is 0 Å². The number of sulfone groups is 1. The number of unbranched alkanes of at least 4 members (excludes halogenated alkanes) is 2. The molecule has 0 amide bonds. The maximum absolute atomic E-state index is 11.9. The molecule has 88 valence electrons. The van der Waals surface area contributed by atoms with Crippen LogP contribution < -0.4 is 0 Å². The third-order valence-corrected chi connectivity index (χ3v) is 5.25. The van der Waals surface area contributed by atoms with Gasteiger partial charge in [0.15, 0.2) is 9.84 Å². The fourth-order valence-electron chi connectivity index (χ4n) is 2.01. The maximum Gasteiger partial charge on any atom is 0.153 e. The van der Waals surface area contributed by atoms with Crippen LogP contribution in [-0.2, 0) is 14.6 Å². The normalized spacial score (nSPS) is 23.0. The summed E-state index contributed by atoms with van der Waals surface area (Å²) in [5.74, 6) is 0.379. The van der Waals surface area contributed by atoms with Gasteiger partial charge in [-0.05, 0) is 19.3 Å². The van der Waals surface area contributed by atoms with Crippen molar-refractivity contribution in [2.45, 2.75) is 57.1 Å². The average Bonchev–Trinajstić information content (AvgIpc) is 2.18. The zero-order chi connectivity index (χ0) is 11.3. The maximum atomic E-state index is 11.9. The topological polar surface area (TPSA) is 51.2 Å². The summed E-state index contributed by atoms with van der Waals surface area (Å²) in [6.07, 6.45) is 4.98. The van der Waals surface area contributed by atoms with E-state index in [1.165, 1.54) is 0 Å². The molecule has 0 N–H and O–H groups in total. The van der Waals surface area contributed by atoms with Crippen LogP contribution in [0.1, 0.15) is 51.9 Å². The molecule has 0 heterocycles. The summed E-state index contributed by atoms with van der Waals surface area (Å²) >= 11 is 0. The predicted octanol–water partition coefficient (Wildman–Crippen LogP) is 2.10. The van der Waals surface area contributed by atoms with E-state index in [0.717, 1.165) is 25.7 Å². The van der Waals surface area contributed by atoms with Crippen molar-refractivity contribution >= 4 is 15.6 Å². The second kappa shape index (κ2) is 5.64. The molecule has 0 saturated heterocycles. The summed E-state index contributed by atoms with van der Waals surface area (Å²) in [5.41, 5.74) is 0. The van der Waals surface area contributed by atoms with Gasteiger partial charge in [-0.1, -0.05) is 19.8 Å². The molecule has 1 aliphatic carbocycles. The quantitative estimate of drug-likeness (QED) is 0.682. The molecule has 4 heteroatoms. The van der Waals surface area contributed by atoms with Gasteiger partial charge in [0.25, 0.3) is 0 Å². The van der Waals surface area contributed by atoms with Gasteiger partial charge in [-0.15, -0.1) is 0 Å². The van der Waals surface area contributed by atoms with E-state index in [1.807, 2.05) is 0 Å². The Morgan fingerprint density at radius 1 is 1.33 bits per heavy atom. The number of rotatable bonds is 5. The number of ketones is 1. The van der Waals surface area contributed by atoms with Crippen LogP contribution in [0.5, 0.6) is 0 Å². The van der Waals surface area contributed by atoms with Crippen LogP contribution in [0, 0.1) is 0 Å². The highest BCUT2D eigenvalue weighted by molar-refractivity contribution is 7.92. The lowest BCUT2D eigenvalue weighted by atomic mass is 9.99. The van der Waals surface area contributed by atoms with Crippen LogP contribution in [0.2, 0.25) is 0 Å². The van der Waals surface area contributed by atoms with E-state index in [-0.39, 0.29) is 23.2 Å². The Bertz CT molecular complexity index is 306. The molecule has 1 atom stereocenters. The van der Waals surface area contributed by atoms with Crippen molar-refractivity contribution in [1.82, 2.24) is 0 Å². The highest BCUT2D eigenvalue weighted by Gasteiger charge is 2.29. The van der Waals surface area contributed by atoms with Gasteiger partial charge in [0, 0.05) is 12.8 Å². The Morgan fingerprint density at radius 2 is 2.07 bits per heavy atom. The standard InChI is InChI=1S/C11H20O3S/c1-2-3-4-8-15(13,14)11-7-5-6-10(12)9-11/h11H,2-9H2,1H3. The summed E-state index contributed by atoms with van der Waals surface area (Å²) in [5, 5.41) is -0.379. The van der Waals surface area contributed by atoms with Gasteiger partial charge >= 0.3 is 0 Å². The Hall–Kier alpha value is -0.380. The fourth-order valence-corrected chi connectivity index (χ4v) is 3.92. The van der Waals surface area contributed by atoms with E-state index in [2.05, 4.69) is 6.92 Å². The zero-order valence-corrected chi connectivity index (χ0v) is 10.2. The van der Waals surface area contributed by atoms with Crippen LogP contribution in [0.25, 0.3) is 0 Å². The summed E-state index contributed by atoms with van der Waals surface area (Å²) in [6, 6.07) is 0. The third kappa shape index (κ3) is 3.93. The minimum atomic E-state index is -3.01. The van der Waals surface area contributed by atoms with E-state index >= 15 is 0 Å². The number of hydrogen-bond acceptors (Lipinski definition) is 3. The smallest absolute Gasteiger partial charge is 0.153 e. The average molecular weight is 232 g/mol. The summed E-state index contributed by atoms with van der Waals surface area (Å²) in [6.45, 7) is 2.05. The SMILES string of the molecule is CCCCCS(=O)(=O)C1CCCC(=O)C1. The lowest BCUT2D eigenvalue weighted by Crippen LogP contribution is -2.30. The first-order valence-corrected chi connectivity index (χ1v) is 7.51. The summed E-state index contributed by atoms with van der Waals surface area (Å²) in [4.78, 5) is 11.2. The molecule has 1 saturated carbocycles. The van der Waals surface area contributed by atoms with Crippen LogP contribution in [0.3, 0.4) is 0 Å². The monoisotopic (exact) mass is 232 g/mol. The van der Waals surface area contributed by atoms with Gasteiger partial charge in [-0.25, -0.2) is 8.42 Å². The Kier molecular flexibility index (Phi) is 4.77. The lowest BCUT2D eigenvalue weighted by molar-refractivity contribution is -0.120. The van der Waals surface area contributed by atoms with Crippen molar-refractivity contribution in [1.29, 1.82) is 0 Å². The molecule has 1 unspecified atom stereocenters. The van der Waals surface area contributed by atoms with Crippen LogP contribution >= 0.6 is 0 Å². The molecule has 15 heavy (non-hydrogen) atoms. The van der Waals surface area contributed by atoms with Gasteiger partial charge in [0.05, 0.1) is 11.0 Å². The number of hydrogen-bond donors (Lipinski definition) is 0. The van der Waals surface area contributed by atoms with E-state index in [0.29, 0.717) is 12.8 Å². The molecule has 0 aromatic carbocycles. The molecule has 1 rings (SSSR count). The molecule has 0 aromatic heterocycles. The molecule has 0 aromatic rings. The molecule has 1 aliphatic rings. The van der Waals surface area contributed by atoms with E-state index < -0.39 is 9.84 Å². The van der Waals surface area contributed by atoms with Gasteiger partial charge in [-0.3, -0.25) is 4.79 Å². The second-order valence-electron chi connectivity index (χ2n) is 4.33. The van der Waals surface area contributed by atoms with E-state index in [9.17, 15) is 13.2 Å². The summed E-state index contributed by atoms with van der Waals surface area (Å²) < 4.78 is 23.7. The zero-order valence-electron chi connectivity index (χ0n) is 9.37. The third-order valence-electron chi connectivity index (χ3n) is 2.98. The number of carbonyl (C=O) groups is 1. The predicted molar refractivity (Wildman–Crippen MR) is 60.6 cm³/mol. The summed E-state index contributed by atoms with van der Waals surface area (Å²) in [7, 11) is -3.01. The van der Waals surface area contributed by atoms with Crippen LogP contribution in [0.15, 0.2) is 0 Å². The highest BCUT2D eigenvalue weighted by Crippen LogP contribution is 2.22. The first-order valence-electron chi connectivity index (χ1n) is 5.79. The van der Waals surface area contributed by atoms with Crippen molar-refractivity contribution < 1.29 is 13.2 Å². The Labute approximate surface area is 92.2 Å². The molecule has 0 radical (unpaired) electrons. The van der Waals surface area contributed by atoms with Crippen LogP contribution in [-0.4, -0.2) is 25.2 Å². The van der Waals surface area contributed by atoms with Gasteiger partial charge in [0.2, 0.25) is 0 Å². The molecule has 0 spiro atoms. The fraction of sp³-hybridized carbons (Fsp3) is 0.909. The van der Waals surface area contributed by atoms with Crippen molar-refractivity contribution in [3.8, 4) is 0 Å². The Balaban J connectivity index is 2.49. The molecular formula is C11H20O3S. The van der Waals surface area contributed by atoms with Crippen molar-refractivity contribution in [3.63, 3.8) is 0 Å². The minimum Gasteiger partial charge on any atom is -0.300 e. The number of carbonyl (C=O) groups excluding carboxylic acids is 1. The highest BCUT2D eigenvalue weighted by atomic mass is 32.2.